The molecule has 2 heterocycles. The smallest absolute Gasteiger partial charge is 0.305 e. The van der Waals surface area contributed by atoms with Gasteiger partial charge in [-0.25, -0.2) is 0 Å². The number of aromatic nitrogens is 3. The Hall–Kier alpha value is -3.06. The van der Waals surface area contributed by atoms with Gasteiger partial charge in [0.2, 0.25) is 0 Å². The highest BCUT2D eigenvalue weighted by molar-refractivity contribution is 6.32. The molecule has 0 saturated heterocycles. The largest absolute Gasteiger partial charge is 0.489 e. The van der Waals surface area contributed by atoms with Crippen LogP contribution < -0.4 is 4.74 Å². The molecular formula is C26H30ClN3O4. The normalized spacial score (nSPS) is 14.9. The van der Waals surface area contributed by atoms with Crippen LogP contribution in [0.15, 0.2) is 35.0 Å². The quantitative estimate of drug-likeness (QED) is 0.267. The zero-order valence-electron chi connectivity index (χ0n) is 19.8. The molecule has 0 aliphatic heterocycles. The second kappa shape index (κ2) is 10.9. The van der Waals surface area contributed by atoms with Crippen LogP contribution in [-0.2, 0) is 16.0 Å². The molecule has 0 amide bonds. The molecule has 8 heteroatoms. The number of benzene rings is 1. The van der Waals surface area contributed by atoms with E-state index in [1.54, 1.807) is 6.07 Å². The third-order valence-electron chi connectivity index (χ3n) is 5.72. The van der Waals surface area contributed by atoms with Gasteiger partial charge in [-0.2, -0.15) is 4.98 Å². The van der Waals surface area contributed by atoms with Crippen LogP contribution in [0.4, 0.5) is 0 Å². The van der Waals surface area contributed by atoms with Crippen molar-refractivity contribution >= 4 is 23.6 Å². The molecule has 1 aromatic carbocycles. The van der Waals surface area contributed by atoms with Crippen molar-refractivity contribution in [3.63, 3.8) is 0 Å². The summed E-state index contributed by atoms with van der Waals surface area (Å²) >= 11 is 6.38. The summed E-state index contributed by atoms with van der Waals surface area (Å²) in [5.41, 5.74) is 4.25. The van der Waals surface area contributed by atoms with Gasteiger partial charge >= 0.3 is 5.97 Å². The highest BCUT2D eigenvalue weighted by Crippen LogP contribution is 2.37. The number of hydrogen-bond acceptors (Lipinski definition) is 6. The molecule has 1 aliphatic rings. The van der Waals surface area contributed by atoms with Crippen molar-refractivity contribution in [2.75, 3.05) is 6.61 Å². The Morgan fingerprint density at radius 1 is 1.32 bits per heavy atom. The maximum Gasteiger partial charge on any atom is 0.305 e. The van der Waals surface area contributed by atoms with E-state index >= 15 is 0 Å². The lowest BCUT2D eigenvalue weighted by Gasteiger charge is -2.16. The molecule has 1 atom stereocenters. The summed E-state index contributed by atoms with van der Waals surface area (Å²) in [7, 11) is 0. The molecule has 1 unspecified atom stereocenters. The number of esters is 1. The predicted molar refractivity (Wildman–Crippen MR) is 131 cm³/mol. The molecule has 7 nitrogen and oxygen atoms in total. The molecular weight excluding hydrogens is 454 g/mol. The lowest BCUT2D eigenvalue weighted by Crippen LogP contribution is -2.08. The molecule has 0 saturated carbocycles. The van der Waals surface area contributed by atoms with Gasteiger partial charge in [-0.15, -0.1) is 0 Å². The summed E-state index contributed by atoms with van der Waals surface area (Å²) < 4.78 is 16.3. The number of carbonyl (C=O) groups excluding carboxylic acids is 1. The highest BCUT2D eigenvalue weighted by atomic mass is 35.5. The van der Waals surface area contributed by atoms with Gasteiger partial charge in [0.1, 0.15) is 5.75 Å². The average molecular weight is 484 g/mol. The van der Waals surface area contributed by atoms with E-state index in [1.807, 2.05) is 39.1 Å². The molecule has 0 radical (unpaired) electrons. The molecule has 180 valence electrons. The van der Waals surface area contributed by atoms with E-state index in [0.29, 0.717) is 35.5 Å². The number of rotatable bonds is 10. The summed E-state index contributed by atoms with van der Waals surface area (Å²) in [4.78, 5) is 19.6. The number of allylic oxidation sites excluding steroid dienone is 1. The number of nitrogens with one attached hydrogen (secondary N) is 1. The number of aryl methyl sites for hydroxylation is 1. The van der Waals surface area contributed by atoms with Crippen LogP contribution in [0.3, 0.4) is 0 Å². The minimum absolute atomic E-state index is 0.00944. The van der Waals surface area contributed by atoms with Gasteiger partial charge < -0.3 is 19.0 Å². The maximum absolute atomic E-state index is 11.5. The molecule has 4 rings (SSSR count). The number of unbranched alkanes of at least 4 members (excludes halogenated alkanes) is 1. The highest BCUT2D eigenvalue weighted by Gasteiger charge is 2.27. The Morgan fingerprint density at radius 2 is 2.18 bits per heavy atom. The van der Waals surface area contributed by atoms with Gasteiger partial charge in [-0.05, 0) is 75.8 Å². The van der Waals surface area contributed by atoms with Crippen LogP contribution in [0, 0.1) is 0 Å². The number of hydrogen-bond donors (Lipinski definition) is 1. The van der Waals surface area contributed by atoms with Crippen molar-refractivity contribution in [1.82, 2.24) is 15.1 Å². The number of ether oxygens (including phenoxy) is 2. The Labute approximate surface area is 204 Å². The van der Waals surface area contributed by atoms with Crippen LogP contribution >= 0.6 is 11.6 Å². The van der Waals surface area contributed by atoms with Gasteiger partial charge in [-0.1, -0.05) is 28.9 Å². The first-order valence-corrected chi connectivity index (χ1v) is 12.2. The van der Waals surface area contributed by atoms with Gasteiger partial charge in [0.15, 0.2) is 5.82 Å². The maximum atomic E-state index is 11.5. The Kier molecular flexibility index (Phi) is 7.73. The van der Waals surface area contributed by atoms with E-state index in [2.05, 4.69) is 27.3 Å². The molecule has 0 fully saturated rings. The van der Waals surface area contributed by atoms with Gasteiger partial charge in [-0.3, -0.25) is 4.79 Å². The number of nitrogens with zero attached hydrogens (tertiary/aromatic N) is 2. The second-order valence-corrected chi connectivity index (χ2v) is 9.02. The summed E-state index contributed by atoms with van der Waals surface area (Å²) in [5.74, 6) is 1.55. The third kappa shape index (κ3) is 5.53. The standard InChI is InChI=1S/C26H30ClN3O4/c1-4-32-23(31)11-6-5-8-18-15-28-24-19(18)9-7-10-20(24)25-29-26(34-30-25)17-12-13-22(21(27)14-17)33-16(2)3/h7,9,12-16,20,28H,4-6,8,10-11H2,1-3H3. The third-order valence-corrected chi connectivity index (χ3v) is 6.02. The number of halogens is 1. The fourth-order valence-corrected chi connectivity index (χ4v) is 4.38. The SMILES string of the molecule is CCOC(=O)CCCCc1c[nH]c2c1C=CCC2c1noc(-c2ccc(OC(C)C)c(Cl)c2)n1. The number of aromatic amines is 1. The number of fused-ring (bicyclic) bond motifs is 1. The van der Waals surface area contributed by atoms with Gasteiger partial charge in [0.05, 0.1) is 23.7 Å². The molecule has 0 bridgehead atoms. The van der Waals surface area contributed by atoms with Crippen LogP contribution in [0.1, 0.15) is 75.0 Å². The summed E-state index contributed by atoms with van der Waals surface area (Å²) in [6.45, 7) is 6.17. The molecule has 2 aromatic heterocycles. The van der Waals surface area contributed by atoms with Crippen molar-refractivity contribution in [3.05, 3.63) is 58.1 Å². The van der Waals surface area contributed by atoms with Crippen molar-refractivity contribution in [2.45, 2.75) is 64.9 Å². The minimum atomic E-state index is -0.130. The molecule has 34 heavy (non-hydrogen) atoms. The lowest BCUT2D eigenvalue weighted by molar-refractivity contribution is -0.143. The van der Waals surface area contributed by atoms with Crippen LogP contribution in [0.25, 0.3) is 17.5 Å². The Balaban J connectivity index is 1.45. The van der Waals surface area contributed by atoms with Crippen molar-refractivity contribution in [2.24, 2.45) is 0 Å². The summed E-state index contributed by atoms with van der Waals surface area (Å²) in [6, 6.07) is 5.48. The number of carbonyl (C=O) groups is 1. The average Bonchev–Trinajstić information content (AvgIpc) is 3.46. The van der Waals surface area contributed by atoms with Crippen LogP contribution in [-0.4, -0.2) is 33.8 Å². The van der Waals surface area contributed by atoms with Gasteiger partial charge in [0.25, 0.3) is 5.89 Å². The molecule has 3 aromatic rings. The van der Waals surface area contributed by atoms with E-state index in [-0.39, 0.29) is 18.0 Å². The molecule has 1 N–H and O–H groups in total. The summed E-state index contributed by atoms with van der Waals surface area (Å²) in [5, 5.41) is 4.78. The minimum Gasteiger partial charge on any atom is -0.489 e. The first-order chi connectivity index (χ1) is 16.5. The number of H-pyrrole nitrogens is 1. The van der Waals surface area contributed by atoms with E-state index in [1.165, 1.54) is 11.1 Å². The van der Waals surface area contributed by atoms with Crippen molar-refractivity contribution < 1.29 is 18.8 Å². The van der Waals surface area contributed by atoms with E-state index < -0.39 is 0 Å². The zero-order valence-corrected chi connectivity index (χ0v) is 20.5. The van der Waals surface area contributed by atoms with Crippen LogP contribution in [0.5, 0.6) is 5.75 Å². The fourth-order valence-electron chi connectivity index (χ4n) is 4.15. The van der Waals surface area contributed by atoms with Crippen LogP contribution in [0.2, 0.25) is 5.02 Å². The first kappa shape index (κ1) is 24.1. The topological polar surface area (TPSA) is 90.2 Å². The monoisotopic (exact) mass is 483 g/mol. The van der Waals surface area contributed by atoms with E-state index in [0.717, 1.165) is 36.9 Å². The zero-order chi connectivity index (χ0) is 24.1. The van der Waals surface area contributed by atoms with E-state index in [9.17, 15) is 4.79 Å². The predicted octanol–water partition coefficient (Wildman–Crippen LogP) is 6.33. The van der Waals surface area contributed by atoms with Gasteiger partial charge in [0, 0.05) is 23.9 Å². The molecule has 1 aliphatic carbocycles. The van der Waals surface area contributed by atoms with Crippen molar-refractivity contribution in [1.29, 1.82) is 0 Å². The fraction of sp³-hybridized carbons (Fsp3) is 0.423. The Morgan fingerprint density at radius 3 is 2.94 bits per heavy atom. The Bertz CT molecular complexity index is 1160. The summed E-state index contributed by atoms with van der Waals surface area (Å²) in [6.07, 6.45) is 10.3. The molecule has 0 spiro atoms. The lowest BCUT2D eigenvalue weighted by atomic mass is 9.90. The van der Waals surface area contributed by atoms with Crippen molar-refractivity contribution in [3.8, 4) is 17.2 Å². The first-order valence-electron chi connectivity index (χ1n) is 11.8. The second-order valence-electron chi connectivity index (χ2n) is 8.61. The van der Waals surface area contributed by atoms with E-state index in [4.69, 9.17) is 25.6 Å².